The molecule has 0 heterocycles. The van der Waals surface area contributed by atoms with Gasteiger partial charge in [-0.05, 0) is 29.9 Å². The number of unbranched alkanes of at least 4 members (excludes halogenated alkanes) is 13. The molecule has 0 bridgehead atoms. The molecule has 1 rings (SSSR count). The first-order chi connectivity index (χ1) is 12.4. The van der Waals surface area contributed by atoms with Crippen molar-refractivity contribution in [1.29, 1.82) is 0 Å². The van der Waals surface area contributed by atoms with Crippen molar-refractivity contribution >= 4 is 11.8 Å². The summed E-state index contributed by atoms with van der Waals surface area (Å²) in [6, 6.07) is 10.9. The van der Waals surface area contributed by atoms with Gasteiger partial charge in [0.1, 0.15) is 0 Å². The average Bonchev–Trinajstić information content (AvgIpc) is 2.65. The number of aryl methyl sites for hydroxylation is 1. The fourth-order valence-corrected chi connectivity index (χ4v) is 4.33. The zero-order valence-corrected chi connectivity index (χ0v) is 17.6. The van der Waals surface area contributed by atoms with Gasteiger partial charge in [-0.25, -0.2) is 0 Å². The van der Waals surface area contributed by atoms with Crippen LogP contribution < -0.4 is 0 Å². The van der Waals surface area contributed by atoms with Crippen molar-refractivity contribution in [1.82, 2.24) is 0 Å². The number of hydrogen-bond donors (Lipinski definition) is 0. The summed E-state index contributed by atoms with van der Waals surface area (Å²) in [6.45, 7) is 2.30. The van der Waals surface area contributed by atoms with Gasteiger partial charge in [0.25, 0.3) is 0 Å². The van der Waals surface area contributed by atoms with Crippen molar-refractivity contribution in [2.45, 2.75) is 103 Å². The van der Waals surface area contributed by atoms with Crippen LogP contribution in [0.5, 0.6) is 0 Å². The topological polar surface area (TPSA) is 0 Å². The van der Waals surface area contributed by atoms with Gasteiger partial charge in [0.2, 0.25) is 0 Å². The SMILES string of the molecule is CCCCCCCCCCCCCCCCSCCc1ccccc1. The number of benzene rings is 1. The molecule has 0 saturated carbocycles. The highest BCUT2D eigenvalue weighted by atomic mass is 32.2. The Morgan fingerprint density at radius 1 is 0.560 bits per heavy atom. The highest BCUT2D eigenvalue weighted by molar-refractivity contribution is 7.99. The molecule has 0 unspecified atom stereocenters. The third kappa shape index (κ3) is 15.5. The summed E-state index contributed by atoms with van der Waals surface area (Å²) in [5.74, 6) is 2.63. The summed E-state index contributed by atoms with van der Waals surface area (Å²) >= 11 is 2.13. The summed E-state index contributed by atoms with van der Waals surface area (Å²) in [5.41, 5.74) is 1.48. The minimum atomic E-state index is 1.23. The van der Waals surface area contributed by atoms with Crippen LogP contribution in [0, 0.1) is 0 Å². The molecule has 0 nitrogen and oxygen atoms in total. The first-order valence-electron chi connectivity index (χ1n) is 11.0. The molecular formula is C24H42S. The standard InChI is InChI=1S/C24H42S/c1-2-3-4-5-6-7-8-9-10-11-12-13-14-18-22-25-23-21-24-19-16-15-17-20-24/h15-17,19-20H,2-14,18,21-23H2,1H3. The van der Waals surface area contributed by atoms with E-state index in [-0.39, 0.29) is 0 Å². The Morgan fingerprint density at radius 3 is 1.56 bits per heavy atom. The van der Waals surface area contributed by atoms with E-state index < -0.39 is 0 Å². The highest BCUT2D eigenvalue weighted by Crippen LogP contribution is 2.14. The highest BCUT2D eigenvalue weighted by Gasteiger charge is 1.95. The van der Waals surface area contributed by atoms with E-state index in [0.717, 1.165) is 0 Å². The third-order valence-corrected chi connectivity index (χ3v) is 6.09. The summed E-state index contributed by atoms with van der Waals surface area (Å²) in [6.07, 6.45) is 21.6. The largest absolute Gasteiger partial charge is 0.162 e. The lowest BCUT2D eigenvalue weighted by Gasteiger charge is -2.04. The van der Waals surface area contributed by atoms with Crippen molar-refractivity contribution in [2.75, 3.05) is 11.5 Å². The van der Waals surface area contributed by atoms with E-state index in [9.17, 15) is 0 Å². The maximum Gasteiger partial charge on any atom is -0.00270 e. The number of rotatable bonds is 18. The van der Waals surface area contributed by atoms with Gasteiger partial charge in [0.05, 0.1) is 0 Å². The number of hydrogen-bond acceptors (Lipinski definition) is 1. The zero-order valence-electron chi connectivity index (χ0n) is 16.8. The van der Waals surface area contributed by atoms with Crippen molar-refractivity contribution in [3.05, 3.63) is 35.9 Å². The van der Waals surface area contributed by atoms with Crippen LogP contribution in [-0.2, 0) is 6.42 Å². The first kappa shape index (κ1) is 22.6. The minimum absolute atomic E-state index is 1.23. The fraction of sp³-hybridized carbons (Fsp3) is 0.750. The van der Waals surface area contributed by atoms with Crippen LogP contribution >= 0.6 is 11.8 Å². The average molecular weight is 363 g/mol. The van der Waals surface area contributed by atoms with Gasteiger partial charge in [-0.3, -0.25) is 0 Å². The molecule has 1 aromatic carbocycles. The molecule has 0 radical (unpaired) electrons. The molecule has 0 saturated heterocycles. The van der Waals surface area contributed by atoms with Crippen LogP contribution in [0.3, 0.4) is 0 Å². The molecule has 0 aliphatic carbocycles. The van der Waals surface area contributed by atoms with E-state index in [1.54, 1.807) is 0 Å². The van der Waals surface area contributed by atoms with Gasteiger partial charge in [-0.15, -0.1) is 0 Å². The van der Waals surface area contributed by atoms with E-state index >= 15 is 0 Å². The maximum atomic E-state index is 2.30. The molecule has 1 heteroatoms. The molecule has 0 aliphatic heterocycles. The molecule has 0 aliphatic rings. The third-order valence-electron chi connectivity index (χ3n) is 5.02. The van der Waals surface area contributed by atoms with Crippen molar-refractivity contribution in [3.8, 4) is 0 Å². The molecule has 0 N–H and O–H groups in total. The van der Waals surface area contributed by atoms with Crippen molar-refractivity contribution < 1.29 is 0 Å². The molecule has 1 aromatic rings. The van der Waals surface area contributed by atoms with E-state index in [1.165, 1.54) is 113 Å². The molecule has 25 heavy (non-hydrogen) atoms. The van der Waals surface area contributed by atoms with Crippen LogP contribution in [-0.4, -0.2) is 11.5 Å². The van der Waals surface area contributed by atoms with Crippen LogP contribution in [0.25, 0.3) is 0 Å². The van der Waals surface area contributed by atoms with Gasteiger partial charge < -0.3 is 0 Å². The Balaban J connectivity index is 1.69. The molecule has 0 fully saturated rings. The van der Waals surface area contributed by atoms with Gasteiger partial charge >= 0.3 is 0 Å². The molecular weight excluding hydrogens is 320 g/mol. The second kappa shape index (κ2) is 18.4. The molecule has 0 atom stereocenters. The Kier molecular flexibility index (Phi) is 16.6. The van der Waals surface area contributed by atoms with Crippen LogP contribution in [0.2, 0.25) is 0 Å². The van der Waals surface area contributed by atoms with Crippen molar-refractivity contribution in [3.63, 3.8) is 0 Å². The predicted octanol–water partition coefficient (Wildman–Crippen LogP) is 8.44. The monoisotopic (exact) mass is 362 g/mol. The number of thioether (sulfide) groups is 1. The molecule has 0 aromatic heterocycles. The quantitative estimate of drug-likeness (QED) is 0.236. The Hall–Kier alpha value is -0.430. The van der Waals surface area contributed by atoms with Gasteiger partial charge in [0.15, 0.2) is 0 Å². The zero-order chi connectivity index (χ0) is 17.8. The Morgan fingerprint density at radius 2 is 1.04 bits per heavy atom. The summed E-state index contributed by atoms with van der Waals surface area (Å²) in [7, 11) is 0. The van der Waals surface area contributed by atoms with E-state index in [0.29, 0.717) is 0 Å². The summed E-state index contributed by atoms with van der Waals surface area (Å²) in [5, 5.41) is 0. The smallest absolute Gasteiger partial charge is 0.00270 e. The second-order valence-electron chi connectivity index (χ2n) is 7.44. The van der Waals surface area contributed by atoms with Crippen molar-refractivity contribution in [2.24, 2.45) is 0 Å². The lowest BCUT2D eigenvalue weighted by atomic mass is 10.0. The van der Waals surface area contributed by atoms with Crippen LogP contribution in [0.15, 0.2) is 30.3 Å². The van der Waals surface area contributed by atoms with Crippen LogP contribution in [0.4, 0.5) is 0 Å². The van der Waals surface area contributed by atoms with Gasteiger partial charge in [0, 0.05) is 0 Å². The van der Waals surface area contributed by atoms with E-state index in [4.69, 9.17) is 0 Å². The lowest BCUT2D eigenvalue weighted by molar-refractivity contribution is 0.538. The van der Waals surface area contributed by atoms with Gasteiger partial charge in [-0.1, -0.05) is 121 Å². The van der Waals surface area contributed by atoms with E-state index in [1.807, 2.05) is 0 Å². The van der Waals surface area contributed by atoms with Gasteiger partial charge in [-0.2, -0.15) is 11.8 Å². The maximum absolute atomic E-state index is 2.30. The lowest BCUT2D eigenvalue weighted by Crippen LogP contribution is -1.90. The van der Waals surface area contributed by atoms with E-state index in [2.05, 4.69) is 49.0 Å². The molecule has 0 amide bonds. The Bertz CT molecular complexity index is 360. The normalized spacial score (nSPS) is 11.1. The predicted molar refractivity (Wildman–Crippen MR) is 118 cm³/mol. The molecule has 0 spiro atoms. The second-order valence-corrected chi connectivity index (χ2v) is 8.67. The minimum Gasteiger partial charge on any atom is -0.162 e. The Labute approximate surface area is 162 Å². The molecule has 144 valence electrons. The first-order valence-corrected chi connectivity index (χ1v) is 12.2. The van der Waals surface area contributed by atoms with Crippen LogP contribution in [0.1, 0.15) is 102 Å². The fourth-order valence-electron chi connectivity index (χ4n) is 3.34. The summed E-state index contributed by atoms with van der Waals surface area (Å²) < 4.78 is 0. The summed E-state index contributed by atoms with van der Waals surface area (Å²) in [4.78, 5) is 0.